The quantitative estimate of drug-likeness (QED) is 0.443. The maximum atomic E-state index is 13.8. The Balaban J connectivity index is 1.51. The first-order chi connectivity index (χ1) is 15.4. The highest BCUT2D eigenvalue weighted by Gasteiger charge is 2.74. The molecule has 2 aromatic rings. The summed E-state index contributed by atoms with van der Waals surface area (Å²) in [5.74, 6) is -2.48. The van der Waals surface area contributed by atoms with Crippen molar-refractivity contribution in [3.05, 3.63) is 63.7 Å². The van der Waals surface area contributed by atoms with Crippen LogP contribution in [0.2, 0.25) is 0 Å². The number of nitro groups is 1. The second kappa shape index (κ2) is 6.23. The Morgan fingerprint density at radius 2 is 1.84 bits per heavy atom. The van der Waals surface area contributed by atoms with Crippen LogP contribution < -0.4 is 10.2 Å². The molecule has 3 saturated heterocycles. The predicted molar refractivity (Wildman–Crippen MR) is 114 cm³/mol. The predicted octanol–water partition coefficient (Wildman–Crippen LogP) is 2.33. The zero-order valence-electron chi connectivity index (χ0n) is 17.3. The molecule has 4 heterocycles. The van der Waals surface area contributed by atoms with Crippen LogP contribution in [-0.2, 0) is 19.9 Å². The Labute approximate surface area is 183 Å². The van der Waals surface area contributed by atoms with E-state index >= 15 is 0 Å². The topological polar surface area (TPSA) is 113 Å². The number of amides is 3. The van der Waals surface area contributed by atoms with Gasteiger partial charge in [0.1, 0.15) is 5.54 Å². The van der Waals surface area contributed by atoms with Gasteiger partial charge in [0, 0.05) is 29.4 Å². The second-order valence-electron chi connectivity index (χ2n) is 8.96. The van der Waals surface area contributed by atoms with Gasteiger partial charge in [-0.1, -0.05) is 17.7 Å². The minimum atomic E-state index is -1.21. The Morgan fingerprint density at radius 1 is 1.09 bits per heavy atom. The summed E-state index contributed by atoms with van der Waals surface area (Å²) in [5, 5.41) is 14.0. The van der Waals surface area contributed by atoms with E-state index in [-0.39, 0.29) is 23.5 Å². The molecule has 1 N–H and O–H groups in total. The number of carbonyl (C=O) groups excluding carboxylic acids is 3. The fourth-order valence-corrected chi connectivity index (χ4v) is 6.29. The summed E-state index contributed by atoms with van der Waals surface area (Å²) < 4.78 is 0. The van der Waals surface area contributed by atoms with Crippen molar-refractivity contribution in [2.24, 2.45) is 11.8 Å². The fourth-order valence-electron chi connectivity index (χ4n) is 6.29. The SMILES string of the molecule is Cc1ccc2c(c1)[C@]1(C(=O)N2)[C@@H]2C(=O)N(c3ccc([N+](=O)[O-])cc3)C(=O)[C@H]2[C@H]2CCCN21. The fraction of sp³-hybridized carbons (Fsp3) is 0.348. The van der Waals surface area contributed by atoms with E-state index in [1.165, 1.54) is 24.3 Å². The summed E-state index contributed by atoms with van der Waals surface area (Å²) in [7, 11) is 0. The average Bonchev–Trinajstić information content (AvgIpc) is 3.47. The van der Waals surface area contributed by atoms with Gasteiger partial charge in [-0.3, -0.25) is 29.4 Å². The number of rotatable bonds is 2. The van der Waals surface area contributed by atoms with E-state index < -0.39 is 28.2 Å². The van der Waals surface area contributed by atoms with Gasteiger partial charge in [0.25, 0.3) is 5.69 Å². The number of benzene rings is 2. The maximum absolute atomic E-state index is 13.8. The van der Waals surface area contributed by atoms with Gasteiger partial charge in [-0.15, -0.1) is 0 Å². The summed E-state index contributed by atoms with van der Waals surface area (Å²) in [6.07, 6.45) is 1.59. The van der Waals surface area contributed by atoms with Gasteiger partial charge < -0.3 is 5.32 Å². The minimum Gasteiger partial charge on any atom is -0.324 e. The summed E-state index contributed by atoms with van der Waals surface area (Å²) in [4.78, 5) is 54.6. The first-order valence-corrected chi connectivity index (χ1v) is 10.7. The number of non-ortho nitro benzene ring substituents is 1. The van der Waals surface area contributed by atoms with Crippen molar-refractivity contribution >= 4 is 34.8 Å². The first kappa shape index (κ1) is 19.1. The van der Waals surface area contributed by atoms with Crippen molar-refractivity contribution < 1.29 is 19.3 Å². The Hall–Kier alpha value is -3.59. The molecule has 4 aliphatic rings. The summed E-state index contributed by atoms with van der Waals surface area (Å²) >= 11 is 0. The van der Waals surface area contributed by atoms with Crippen molar-refractivity contribution in [3.63, 3.8) is 0 Å². The third-order valence-corrected chi connectivity index (χ3v) is 7.47. The Morgan fingerprint density at radius 3 is 2.56 bits per heavy atom. The van der Waals surface area contributed by atoms with Gasteiger partial charge in [0.15, 0.2) is 0 Å². The van der Waals surface area contributed by atoms with E-state index in [4.69, 9.17) is 0 Å². The van der Waals surface area contributed by atoms with Crippen LogP contribution in [0.5, 0.6) is 0 Å². The number of carbonyl (C=O) groups is 3. The van der Waals surface area contributed by atoms with Crippen LogP contribution in [0.4, 0.5) is 17.1 Å². The number of nitro benzene ring substituents is 1. The molecule has 0 bridgehead atoms. The molecule has 6 rings (SSSR count). The molecule has 2 aromatic carbocycles. The van der Waals surface area contributed by atoms with Gasteiger partial charge in [-0.25, -0.2) is 4.90 Å². The first-order valence-electron chi connectivity index (χ1n) is 10.7. The zero-order valence-corrected chi connectivity index (χ0v) is 17.3. The second-order valence-corrected chi connectivity index (χ2v) is 8.96. The van der Waals surface area contributed by atoms with E-state index in [1.807, 2.05) is 25.1 Å². The molecule has 3 fully saturated rings. The van der Waals surface area contributed by atoms with E-state index in [9.17, 15) is 24.5 Å². The molecule has 1 spiro atoms. The van der Waals surface area contributed by atoms with E-state index in [0.717, 1.165) is 28.9 Å². The van der Waals surface area contributed by atoms with Crippen LogP contribution in [0.15, 0.2) is 42.5 Å². The molecule has 9 nitrogen and oxygen atoms in total. The standard InChI is InChI=1S/C23H20N4O5/c1-12-4-9-16-15(11-12)23(22(30)24-16)19-18(17-3-2-10-25(17)23)20(28)26(21(19)29)13-5-7-14(8-6-13)27(31)32/h4-9,11,17-19H,2-3,10H2,1H3,(H,24,30)/t17-,18+,19+,23-/m1/s1. The molecular weight excluding hydrogens is 412 g/mol. The molecule has 0 saturated carbocycles. The normalized spacial score (nSPS) is 30.6. The van der Waals surface area contributed by atoms with E-state index in [1.54, 1.807) is 0 Å². The van der Waals surface area contributed by atoms with E-state index in [2.05, 4.69) is 10.2 Å². The molecule has 162 valence electrons. The van der Waals surface area contributed by atoms with E-state index in [0.29, 0.717) is 17.9 Å². The number of hydrogen-bond acceptors (Lipinski definition) is 6. The number of nitrogens with one attached hydrogen (secondary N) is 1. The molecule has 0 aromatic heterocycles. The highest BCUT2D eigenvalue weighted by molar-refractivity contribution is 6.25. The van der Waals surface area contributed by atoms with Crippen molar-refractivity contribution in [3.8, 4) is 0 Å². The summed E-state index contributed by atoms with van der Waals surface area (Å²) in [6, 6.07) is 10.9. The average molecular weight is 432 g/mol. The number of fused-ring (bicyclic) bond motifs is 7. The highest BCUT2D eigenvalue weighted by Crippen LogP contribution is 2.60. The third kappa shape index (κ3) is 2.13. The van der Waals surface area contributed by atoms with Crippen molar-refractivity contribution in [1.82, 2.24) is 4.90 Å². The zero-order chi connectivity index (χ0) is 22.4. The molecule has 0 unspecified atom stereocenters. The van der Waals surface area contributed by atoms with Gasteiger partial charge in [-0.2, -0.15) is 0 Å². The molecule has 0 aliphatic carbocycles. The largest absolute Gasteiger partial charge is 0.324 e. The molecule has 4 atom stereocenters. The molecule has 4 aliphatic heterocycles. The van der Waals surface area contributed by atoms with Crippen LogP contribution in [0, 0.1) is 28.9 Å². The number of imide groups is 1. The molecule has 0 radical (unpaired) electrons. The van der Waals surface area contributed by atoms with Crippen LogP contribution in [-0.4, -0.2) is 40.1 Å². The van der Waals surface area contributed by atoms with Gasteiger partial charge in [0.05, 0.1) is 22.4 Å². The van der Waals surface area contributed by atoms with Crippen LogP contribution in [0.1, 0.15) is 24.0 Å². The monoisotopic (exact) mass is 432 g/mol. The lowest BCUT2D eigenvalue weighted by atomic mass is 9.75. The van der Waals surface area contributed by atoms with Crippen LogP contribution in [0.3, 0.4) is 0 Å². The van der Waals surface area contributed by atoms with Gasteiger partial charge in [-0.05, 0) is 44.5 Å². The maximum Gasteiger partial charge on any atom is 0.269 e. The van der Waals surface area contributed by atoms with Crippen LogP contribution in [0.25, 0.3) is 0 Å². The highest BCUT2D eigenvalue weighted by atomic mass is 16.6. The number of nitrogens with zero attached hydrogens (tertiary/aromatic N) is 3. The van der Waals surface area contributed by atoms with Gasteiger partial charge in [0.2, 0.25) is 17.7 Å². The van der Waals surface area contributed by atoms with Gasteiger partial charge >= 0.3 is 0 Å². The number of anilines is 2. The number of aryl methyl sites for hydroxylation is 1. The molecule has 3 amide bonds. The van der Waals surface area contributed by atoms with Crippen molar-refractivity contribution in [2.45, 2.75) is 31.3 Å². The lowest BCUT2D eigenvalue weighted by molar-refractivity contribution is -0.384. The molecule has 32 heavy (non-hydrogen) atoms. The van der Waals surface area contributed by atoms with Crippen LogP contribution >= 0.6 is 0 Å². The Kier molecular flexibility index (Phi) is 3.72. The summed E-state index contributed by atoms with van der Waals surface area (Å²) in [5.41, 5.74) is 1.38. The molecular formula is C23H20N4O5. The lowest BCUT2D eigenvalue weighted by Crippen LogP contribution is -2.54. The van der Waals surface area contributed by atoms with Crippen molar-refractivity contribution in [1.29, 1.82) is 0 Å². The van der Waals surface area contributed by atoms with Crippen molar-refractivity contribution in [2.75, 3.05) is 16.8 Å². The smallest absolute Gasteiger partial charge is 0.269 e. The third-order valence-electron chi connectivity index (χ3n) is 7.47. The Bertz CT molecular complexity index is 1230. The number of hydrogen-bond donors (Lipinski definition) is 1. The minimum absolute atomic E-state index is 0.119. The summed E-state index contributed by atoms with van der Waals surface area (Å²) in [6.45, 7) is 2.59. The lowest BCUT2D eigenvalue weighted by Gasteiger charge is -2.36. The molecule has 9 heteroatoms.